The Morgan fingerprint density at radius 1 is 0.419 bits per heavy atom. The minimum absolute atomic E-state index is 0.0997. The number of unbranched alkanes of at least 4 members (excludes halogenated alkanes) is 19. The predicted octanol–water partition coefficient (Wildman–Crippen LogP) is 10.6. The standard InChI is InChI=1S/C30H62O/c1-5-6-7-8-9-10-11-12-13-14-15-16-17-18-19-20-21-22-23-24-25-29(4)26-27-30(31)28(2)3/h28-31H,5-27H2,1-4H3. The summed E-state index contributed by atoms with van der Waals surface area (Å²) in [7, 11) is 0. The van der Waals surface area contributed by atoms with Crippen LogP contribution in [0.15, 0.2) is 0 Å². The van der Waals surface area contributed by atoms with E-state index in [1.54, 1.807) is 0 Å². The van der Waals surface area contributed by atoms with Crippen LogP contribution in [0.4, 0.5) is 0 Å². The summed E-state index contributed by atoms with van der Waals surface area (Å²) < 4.78 is 0. The van der Waals surface area contributed by atoms with Gasteiger partial charge in [-0.25, -0.2) is 0 Å². The number of aliphatic hydroxyl groups is 1. The number of hydrogen-bond donors (Lipinski definition) is 1. The van der Waals surface area contributed by atoms with Crippen molar-refractivity contribution in [1.29, 1.82) is 0 Å². The molecule has 0 aromatic carbocycles. The van der Waals surface area contributed by atoms with E-state index < -0.39 is 0 Å². The van der Waals surface area contributed by atoms with Crippen LogP contribution in [0.1, 0.15) is 175 Å². The summed E-state index contributed by atoms with van der Waals surface area (Å²) in [5.41, 5.74) is 0. The van der Waals surface area contributed by atoms with Crippen LogP contribution < -0.4 is 0 Å². The van der Waals surface area contributed by atoms with E-state index in [0.29, 0.717) is 5.92 Å². The third-order valence-electron chi connectivity index (χ3n) is 7.28. The monoisotopic (exact) mass is 438 g/mol. The van der Waals surface area contributed by atoms with E-state index in [0.717, 1.165) is 12.3 Å². The van der Waals surface area contributed by atoms with Crippen molar-refractivity contribution >= 4 is 0 Å². The van der Waals surface area contributed by atoms with Crippen molar-refractivity contribution in [3.63, 3.8) is 0 Å². The molecule has 0 aliphatic heterocycles. The summed E-state index contributed by atoms with van der Waals surface area (Å²) in [6, 6.07) is 0. The van der Waals surface area contributed by atoms with Gasteiger partial charge in [-0.3, -0.25) is 0 Å². The molecule has 188 valence electrons. The fraction of sp³-hybridized carbons (Fsp3) is 1.00. The van der Waals surface area contributed by atoms with Gasteiger partial charge in [-0.2, -0.15) is 0 Å². The Morgan fingerprint density at radius 2 is 0.742 bits per heavy atom. The average molecular weight is 439 g/mol. The average Bonchev–Trinajstić information content (AvgIpc) is 2.76. The zero-order chi connectivity index (χ0) is 23.0. The van der Waals surface area contributed by atoms with Gasteiger partial charge in [0, 0.05) is 0 Å². The van der Waals surface area contributed by atoms with E-state index in [1.807, 2.05) is 0 Å². The first kappa shape index (κ1) is 31.0. The lowest BCUT2D eigenvalue weighted by Gasteiger charge is -2.17. The normalized spacial score (nSPS) is 13.7. The van der Waals surface area contributed by atoms with Crippen molar-refractivity contribution in [3.05, 3.63) is 0 Å². The first-order valence-corrected chi connectivity index (χ1v) is 14.8. The van der Waals surface area contributed by atoms with Crippen LogP contribution in [0.5, 0.6) is 0 Å². The number of rotatable bonds is 25. The molecule has 0 aliphatic rings. The van der Waals surface area contributed by atoms with Gasteiger partial charge in [-0.1, -0.05) is 163 Å². The summed E-state index contributed by atoms with van der Waals surface area (Å²) in [5, 5.41) is 9.92. The maximum absolute atomic E-state index is 9.92. The Morgan fingerprint density at radius 3 is 1.06 bits per heavy atom. The maximum atomic E-state index is 9.92. The molecule has 0 radical (unpaired) electrons. The smallest absolute Gasteiger partial charge is 0.0563 e. The summed E-state index contributed by atoms with van der Waals surface area (Å²) in [5.74, 6) is 1.19. The fourth-order valence-corrected chi connectivity index (χ4v) is 4.68. The summed E-state index contributed by atoms with van der Waals surface area (Å²) in [6.45, 7) is 8.90. The number of hydrogen-bond acceptors (Lipinski definition) is 1. The van der Waals surface area contributed by atoms with Gasteiger partial charge >= 0.3 is 0 Å². The lowest BCUT2D eigenvalue weighted by molar-refractivity contribution is 0.108. The van der Waals surface area contributed by atoms with Crippen LogP contribution in [0.2, 0.25) is 0 Å². The van der Waals surface area contributed by atoms with Crippen molar-refractivity contribution < 1.29 is 5.11 Å². The second-order valence-electron chi connectivity index (χ2n) is 11.0. The molecule has 0 heterocycles. The highest BCUT2D eigenvalue weighted by Gasteiger charge is 2.11. The van der Waals surface area contributed by atoms with E-state index in [9.17, 15) is 5.11 Å². The van der Waals surface area contributed by atoms with E-state index in [2.05, 4.69) is 27.7 Å². The van der Waals surface area contributed by atoms with Crippen LogP contribution in [-0.4, -0.2) is 11.2 Å². The molecular formula is C30H62O. The van der Waals surface area contributed by atoms with E-state index in [4.69, 9.17) is 0 Å². The molecule has 0 bridgehead atoms. The SMILES string of the molecule is CCCCCCCCCCCCCCCCCCCCCCC(C)CCC(O)C(C)C. The lowest BCUT2D eigenvalue weighted by atomic mass is 9.93. The third kappa shape index (κ3) is 24.4. The van der Waals surface area contributed by atoms with Gasteiger partial charge in [0.1, 0.15) is 0 Å². The second kappa shape index (κ2) is 24.6. The molecule has 0 aromatic heterocycles. The Hall–Kier alpha value is -0.0400. The molecule has 1 N–H and O–H groups in total. The van der Waals surface area contributed by atoms with Gasteiger partial charge in [-0.15, -0.1) is 0 Å². The quantitative estimate of drug-likeness (QED) is 0.140. The van der Waals surface area contributed by atoms with Crippen LogP contribution in [0, 0.1) is 11.8 Å². The Kier molecular flexibility index (Phi) is 24.6. The van der Waals surface area contributed by atoms with Crippen LogP contribution in [0.3, 0.4) is 0 Å². The van der Waals surface area contributed by atoms with E-state index in [1.165, 1.54) is 141 Å². The molecule has 0 fully saturated rings. The zero-order valence-corrected chi connectivity index (χ0v) is 22.4. The largest absolute Gasteiger partial charge is 0.393 e. The molecule has 0 saturated heterocycles. The third-order valence-corrected chi connectivity index (χ3v) is 7.28. The molecule has 0 amide bonds. The van der Waals surface area contributed by atoms with Crippen molar-refractivity contribution in [2.75, 3.05) is 0 Å². The van der Waals surface area contributed by atoms with Crippen molar-refractivity contribution in [2.45, 2.75) is 181 Å². The van der Waals surface area contributed by atoms with E-state index >= 15 is 0 Å². The van der Waals surface area contributed by atoms with E-state index in [-0.39, 0.29) is 6.10 Å². The van der Waals surface area contributed by atoms with Gasteiger partial charge in [0.25, 0.3) is 0 Å². The summed E-state index contributed by atoms with van der Waals surface area (Å²) >= 11 is 0. The maximum Gasteiger partial charge on any atom is 0.0563 e. The fourth-order valence-electron chi connectivity index (χ4n) is 4.68. The van der Waals surface area contributed by atoms with Crippen molar-refractivity contribution in [2.24, 2.45) is 11.8 Å². The first-order chi connectivity index (χ1) is 15.1. The molecule has 0 aromatic rings. The van der Waals surface area contributed by atoms with Gasteiger partial charge in [0.15, 0.2) is 0 Å². The van der Waals surface area contributed by atoms with Crippen LogP contribution in [-0.2, 0) is 0 Å². The van der Waals surface area contributed by atoms with Gasteiger partial charge < -0.3 is 5.11 Å². The van der Waals surface area contributed by atoms with Gasteiger partial charge in [0.2, 0.25) is 0 Å². The Labute approximate surface area is 198 Å². The molecule has 0 rings (SSSR count). The first-order valence-electron chi connectivity index (χ1n) is 14.8. The molecule has 2 unspecified atom stereocenters. The highest BCUT2D eigenvalue weighted by molar-refractivity contribution is 4.63. The van der Waals surface area contributed by atoms with Gasteiger partial charge in [0.05, 0.1) is 6.10 Å². The summed E-state index contributed by atoms with van der Waals surface area (Å²) in [4.78, 5) is 0. The van der Waals surface area contributed by atoms with Crippen molar-refractivity contribution in [3.8, 4) is 0 Å². The number of aliphatic hydroxyl groups excluding tert-OH is 1. The molecule has 1 heteroatoms. The molecule has 2 atom stereocenters. The predicted molar refractivity (Wildman–Crippen MR) is 142 cm³/mol. The minimum Gasteiger partial charge on any atom is -0.393 e. The van der Waals surface area contributed by atoms with Gasteiger partial charge in [-0.05, 0) is 24.7 Å². The molecule has 31 heavy (non-hydrogen) atoms. The highest BCUT2D eigenvalue weighted by atomic mass is 16.3. The zero-order valence-electron chi connectivity index (χ0n) is 22.4. The minimum atomic E-state index is -0.0997. The lowest BCUT2D eigenvalue weighted by Crippen LogP contribution is -2.15. The van der Waals surface area contributed by atoms with Crippen molar-refractivity contribution in [1.82, 2.24) is 0 Å². The Bertz CT molecular complexity index is 324. The second-order valence-corrected chi connectivity index (χ2v) is 11.0. The Balaban J connectivity index is 3.14. The molecule has 0 saturated carbocycles. The molecular weight excluding hydrogens is 376 g/mol. The molecule has 0 aliphatic carbocycles. The van der Waals surface area contributed by atoms with Crippen LogP contribution >= 0.6 is 0 Å². The molecule has 0 spiro atoms. The van der Waals surface area contributed by atoms with Crippen LogP contribution in [0.25, 0.3) is 0 Å². The topological polar surface area (TPSA) is 20.2 Å². The molecule has 1 nitrogen and oxygen atoms in total. The summed E-state index contributed by atoms with van der Waals surface area (Å²) in [6.07, 6.45) is 32.5. The highest BCUT2D eigenvalue weighted by Crippen LogP contribution is 2.19.